The maximum atomic E-state index is 13.4. The Balaban J connectivity index is 1.58. The summed E-state index contributed by atoms with van der Waals surface area (Å²) in [6.45, 7) is 2.61. The summed E-state index contributed by atoms with van der Waals surface area (Å²) in [7, 11) is 2.04. The third kappa shape index (κ3) is 3.85. The predicted octanol–water partition coefficient (Wildman–Crippen LogP) is 1.11. The van der Waals surface area contributed by atoms with Crippen LogP contribution in [-0.4, -0.2) is 69.3 Å². The molecule has 4 rings (SSSR count). The summed E-state index contributed by atoms with van der Waals surface area (Å²) < 4.78 is 0. The Hall–Kier alpha value is -2.87. The quantitative estimate of drug-likeness (QED) is 0.836. The molecule has 2 aliphatic heterocycles. The number of pyridine rings is 1. The fourth-order valence-corrected chi connectivity index (χ4v) is 4.56. The molecule has 8 nitrogen and oxygen atoms in total. The van der Waals surface area contributed by atoms with E-state index in [9.17, 15) is 9.59 Å². The highest BCUT2D eigenvalue weighted by atomic mass is 16.2. The number of likely N-dealkylation sites (N-methyl/N-ethyl adjacent to an activating group) is 1. The Labute approximate surface area is 170 Å². The number of carbonyl (C=O) groups excluding carboxylic acids is 2. The molecule has 2 saturated heterocycles. The summed E-state index contributed by atoms with van der Waals surface area (Å²) in [5.74, 6) is -0.117. The van der Waals surface area contributed by atoms with Crippen LogP contribution in [0.2, 0.25) is 0 Å². The number of nitrogens with one attached hydrogen (secondary N) is 1. The molecule has 2 aliphatic rings. The highest BCUT2D eigenvalue weighted by Gasteiger charge is 2.53. The zero-order valence-electron chi connectivity index (χ0n) is 16.6. The summed E-state index contributed by atoms with van der Waals surface area (Å²) >= 11 is 0. The van der Waals surface area contributed by atoms with Crippen LogP contribution in [0.1, 0.15) is 35.3 Å². The number of amides is 2. The molecule has 8 heteroatoms. The van der Waals surface area contributed by atoms with Crippen LogP contribution in [0.5, 0.6) is 0 Å². The molecule has 0 saturated carbocycles. The van der Waals surface area contributed by atoms with Crippen LogP contribution >= 0.6 is 0 Å². The van der Waals surface area contributed by atoms with E-state index in [0.717, 1.165) is 31.4 Å². The summed E-state index contributed by atoms with van der Waals surface area (Å²) in [4.78, 5) is 42.9. The van der Waals surface area contributed by atoms with Crippen LogP contribution in [-0.2, 0) is 11.3 Å². The van der Waals surface area contributed by atoms with Gasteiger partial charge in [0.15, 0.2) is 0 Å². The largest absolute Gasteiger partial charge is 0.351 e. The highest BCUT2D eigenvalue weighted by Crippen LogP contribution is 2.43. The van der Waals surface area contributed by atoms with Crippen molar-refractivity contribution in [2.75, 3.05) is 26.7 Å². The van der Waals surface area contributed by atoms with Gasteiger partial charge < -0.3 is 15.1 Å². The molecule has 0 spiro atoms. The van der Waals surface area contributed by atoms with Gasteiger partial charge in [0.2, 0.25) is 5.91 Å². The number of hydrogen-bond acceptors (Lipinski definition) is 6. The van der Waals surface area contributed by atoms with E-state index in [4.69, 9.17) is 0 Å². The van der Waals surface area contributed by atoms with Gasteiger partial charge in [-0.25, -0.2) is 4.98 Å². The Kier molecular flexibility index (Phi) is 5.53. The van der Waals surface area contributed by atoms with Gasteiger partial charge in [-0.3, -0.25) is 19.6 Å². The van der Waals surface area contributed by atoms with Gasteiger partial charge in [0.05, 0.1) is 17.7 Å². The third-order valence-electron chi connectivity index (χ3n) is 6.16. The van der Waals surface area contributed by atoms with Gasteiger partial charge in [0.1, 0.15) is 5.69 Å². The maximum Gasteiger partial charge on any atom is 0.274 e. The molecular formula is C21H26N6O2. The molecule has 0 aliphatic carbocycles. The molecule has 1 N–H and O–H groups in total. The number of piperidine rings is 2. The van der Waals surface area contributed by atoms with Crippen molar-refractivity contribution in [3.05, 3.63) is 54.4 Å². The van der Waals surface area contributed by atoms with Crippen LogP contribution in [0, 0.1) is 5.41 Å². The van der Waals surface area contributed by atoms with E-state index < -0.39 is 5.41 Å². The first-order valence-corrected chi connectivity index (χ1v) is 10.0. The Morgan fingerprint density at radius 3 is 2.72 bits per heavy atom. The van der Waals surface area contributed by atoms with Crippen molar-refractivity contribution in [3.8, 4) is 0 Å². The average Bonchev–Trinajstić information content (AvgIpc) is 2.78. The molecular weight excluding hydrogens is 368 g/mol. The molecule has 2 fully saturated rings. The average molecular weight is 394 g/mol. The van der Waals surface area contributed by atoms with Gasteiger partial charge in [-0.05, 0) is 50.6 Å². The van der Waals surface area contributed by atoms with Crippen LogP contribution in [0.4, 0.5) is 0 Å². The minimum Gasteiger partial charge on any atom is -0.351 e. The molecule has 152 valence electrons. The first kappa shape index (κ1) is 19.4. The van der Waals surface area contributed by atoms with Crippen molar-refractivity contribution in [2.45, 2.75) is 31.8 Å². The molecule has 0 radical (unpaired) electrons. The molecule has 2 amide bonds. The first-order chi connectivity index (χ1) is 14.1. The lowest BCUT2D eigenvalue weighted by molar-refractivity contribution is -0.142. The number of likely N-dealkylation sites (tertiary alicyclic amines) is 2. The summed E-state index contributed by atoms with van der Waals surface area (Å²) in [6.07, 6.45) is 10.3. The van der Waals surface area contributed by atoms with E-state index in [-0.39, 0.29) is 17.9 Å². The van der Waals surface area contributed by atoms with E-state index >= 15 is 0 Å². The van der Waals surface area contributed by atoms with Crippen LogP contribution in [0.15, 0.2) is 43.1 Å². The minimum absolute atomic E-state index is 0.0315. The zero-order chi connectivity index (χ0) is 20.3. The number of rotatable bonds is 4. The van der Waals surface area contributed by atoms with Gasteiger partial charge in [-0.2, -0.15) is 0 Å². The van der Waals surface area contributed by atoms with Crippen molar-refractivity contribution in [1.82, 2.24) is 30.1 Å². The first-order valence-electron chi connectivity index (χ1n) is 10.0. The second-order valence-electron chi connectivity index (χ2n) is 7.92. The van der Waals surface area contributed by atoms with Crippen LogP contribution in [0.3, 0.4) is 0 Å². The predicted molar refractivity (Wildman–Crippen MR) is 107 cm³/mol. The Morgan fingerprint density at radius 1 is 1.14 bits per heavy atom. The smallest absolute Gasteiger partial charge is 0.274 e. The Bertz CT molecular complexity index is 862. The van der Waals surface area contributed by atoms with Gasteiger partial charge in [-0.15, -0.1) is 0 Å². The van der Waals surface area contributed by atoms with E-state index in [1.165, 1.54) is 12.4 Å². The molecule has 2 aromatic rings. The maximum absolute atomic E-state index is 13.4. The third-order valence-corrected chi connectivity index (χ3v) is 6.16. The van der Waals surface area contributed by atoms with Crippen molar-refractivity contribution in [3.63, 3.8) is 0 Å². The summed E-state index contributed by atoms with van der Waals surface area (Å²) in [5, 5.41) is 3.12. The van der Waals surface area contributed by atoms with Crippen molar-refractivity contribution in [1.29, 1.82) is 0 Å². The molecule has 0 bridgehead atoms. The minimum atomic E-state index is -0.574. The zero-order valence-corrected chi connectivity index (χ0v) is 16.6. The second kappa shape index (κ2) is 8.24. The number of hydrogen-bond donors (Lipinski definition) is 1. The second-order valence-corrected chi connectivity index (χ2v) is 7.92. The molecule has 29 heavy (non-hydrogen) atoms. The molecule has 2 aromatic heterocycles. The van der Waals surface area contributed by atoms with Crippen LogP contribution < -0.4 is 5.32 Å². The van der Waals surface area contributed by atoms with Gasteiger partial charge >= 0.3 is 0 Å². The normalized spacial score (nSPS) is 24.6. The van der Waals surface area contributed by atoms with Gasteiger partial charge in [0, 0.05) is 44.4 Å². The van der Waals surface area contributed by atoms with E-state index in [1.54, 1.807) is 18.6 Å². The van der Waals surface area contributed by atoms with Crippen molar-refractivity contribution >= 4 is 11.8 Å². The molecule has 4 heterocycles. The number of nitrogens with zero attached hydrogens (tertiary/aromatic N) is 5. The SMILES string of the molecule is CN1CC[C@]2(C(=O)NCc3ccncc3)CCCN(C(=O)c3cnccn3)[C@H]2C1. The number of carbonyl (C=O) groups is 2. The highest BCUT2D eigenvalue weighted by molar-refractivity contribution is 5.93. The summed E-state index contributed by atoms with van der Waals surface area (Å²) in [5.41, 5.74) is 0.765. The van der Waals surface area contributed by atoms with Crippen LogP contribution in [0.25, 0.3) is 0 Å². The van der Waals surface area contributed by atoms with Crippen molar-refractivity contribution < 1.29 is 9.59 Å². The van der Waals surface area contributed by atoms with E-state index in [0.29, 0.717) is 25.3 Å². The lowest BCUT2D eigenvalue weighted by Gasteiger charge is -2.53. The van der Waals surface area contributed by atoms with E-state index in [2.05, 4.69) is 25.2 Å². The standard InChI is InChI=1S/C21H26N6O2/c1-26-12-6-21(20(29)25-13-16-3-7-22-8-4-16)5-2-11-27(18(21)15-26)19(28)17-14-23-9-10-24-17/h3-4,7-10,14,18H,2,5-6,11-13,15H2,1H3,(H,25,29)/t18-,21+/m0/s1. The van der Waals surface area contributed by atoms with E-state index in [1.807, 2.05) is 24.1 Å². The fourth-order valence-electron chi connectivity index (χ4n) is 4.56. The lowest BCUT2D eigenvalue weighted by atomic mass is 9.67. The fraction of sp³-hybridized carbons (Fsp3) is 0.476. The molecule has 0 aromatic carbocycles. The van der Waals surface area contributed by atoms with Gasteiger partial charge in [0.25, 0.3) is 5.91 Å². The topological polar surface area (TPSA) is 91.3 Å². The molecule has 2 atom stereocenters. The number of aromatic nitrogens is 3. The summed E-state index contributed by atoms with van der Waals surface area (Å²) in [6, 6.07) is 3.62. The van der Waals surface area contributed by atoms with Gasteiger partial charge in [-0.1, -0.05) is 0 Å². The number of fused-ring (bicyclic) bond motifs is 1. The molecule has 0 unspecified atom stereocenters. The lowest BCUT2D eigenvalue weighted by Crippen LogP contribution is -2.66. The monoisotopic (exact) mass is 394 g/mol. The Morgan fingerprint density at radius 2 is 1.97 bits per heavy atom. The van der Waals surface area contributed by atoms with Crippen molar-refractivity contribution in [2.24, 2.45) is 5.41 Å².